The Bertz CT molecular complexity index is 681. The van der Waals surface area contributed by atoms with Gasteiger partial charge in [-0.1, -0.05) is 12.1 Å². The summed E-state index contributed by atoms with van der Waals surface area (Å²) in [6, 6.07) is 8.04. The van der Waals surface area contributed by atoms with Crippen LogP contribution in [-0.2, 0) is 4.79 Å². The first-order chi connectivity index (χ1) is 10.1. The van der Waals surface area contributed by atoms with Crippen LogP contribution < -0.4 is 5.32 Å². The quantitative estimate of drug-likeness (QED) is 0.919. The zero-order chi connectivity index (χ0) is 14.8. The summed E-state index contributed by atoms with van der Waals surface area (Å²) in [5, 5.41) is 3.40. The third-order valence-corrected chi connectivity index (χ3v) is 3.94. The van der Waals surface area contributed by atoms with E-state index in [1.165, 1.54) is 0 Å². The van der Waals surface area contributed by atoms with Gasteiger partial charge in [-0.2, -0.15) is 0 Å². The summed E-state index contributed by atoms with van der Waals surface area (Å²) in [5.74, 6) is 0.305. The third-order valence-electron chi connectivity index (χ3n) is 3.94. The molecule has 1 unspecified atom stereocenters. The summed E-state index contributed by atoms with van der Waals surface area (Å²) in [7, 11) is 0. The number of carbonyl (C=O) groups is 1. The molecule has 1 aliphatic rings. The van der Waals surface area contributed by atoms with Crippen LogP contribution in [0, 0.1) is 13.8 Å². The van der Waals surface area contributed by atoms with Gasteiger partial charge in [0.15, 0.2) is 0 Å². The maximum absolute atomic E-state index is 11.7. The maximum Gasteiger partial charge on any atom is 0.136 e. The second kappa shape index (κ2) is 5.74. The van der Waals surface area contributed by atoms with Gasteiger partial charge in [0.05, 0.1) is 23.1 Å². The number of ketones is 1. The monoisotopic (exact) mass is 281 g/mol. The number of hydrogen-bond donors (Lipinski definition) is 1. The van der Waals surface area contributed by atoms with Crippen LogP contribution in [0.15, 0.2) is 30.5 Å². The normalized spacial score (nSPS) is 18.8. The van der Waals surface area contributed by atoms with Gasteiger partial charge in [-0.25, -0.2) is 4.98 Å². The molecule has 1 atom stereocenters. The molecule has 4 nitrogen and oxygen atoms in total. The van der Waals surface area contributed by atoms with Crippen LogP contribution in [-0.4, -0.2) is 22.3 Å². The molecule has 0 radical (unpaired) electrons. The van der Waals surface area contributed by atoms with Gasteiger partial charge in [0, 0.05) is 25.6 Å². The molecule has 0 spiro atoms. The highest BCUT2D eigenvalue weighted by molar-refractivity contribution is 5.80. The van der Waals surface area contributed by atoms with Gasteiger partial charge in [-0.05, 0) is 37.1 Å². The molecule has 1 aliphatic heterocycles. The molecule has 0 aromatic carbocycles. The van der Waals surface area contributed by atoms with Crippen molar-refractivity contribution in [1.29, 1.82) is 0 Å². The molecule has 4 heteroatoms. The number of piperidine rings is 1. The Morgan fingerprint density at radius 3 is 2.81 bits per heavy atom. The number of Topliss-reactive ketones (excluding diaryl/α,β-unsaturated/α-hetero) is 1. The van der Waals surface area contributed by atoms with Crippen LogP contribution in [0.2, 0.25) is 0 Å². The van der Waals surface area contributed by atoms with Gasteiger partial charge in [-0.3, -0.25) is 9.78 Å². The summed E-state index contributed by atoms with van der Waals surface area (Å²) in [6.07, 6.45) is 2.93. The van der Waals surface area contributed by atoms with Crippen LogP contribution in [0.25, 0.3) is 11.4 Å². The summed E-state index contributed by atoms with van der Waals surface area (Å²) < 4.78 is 0. The Morgan fingerprint density at radius 2 is 2.05 bits per heavy atom. The molecule has 0 aliphatic carbocycles. The third kappa shape index (κ3) is 2.85. The zero-order valence-corrected chi connectivity index (χ0v) is 12.4. The first-order valence-corrected chi connectivity index (χ1v) is 7.30. The molecule has 0 saturated carbocycles. The first kappa shape index (κ1) is 13.9. The van der Waals surface area contributed by atoms with Crippen molar-refractivity contribution in [1.82, 2.24) is 15.3 Å². The van der Waals surface area contributed by atoms with E-state index >= 15 is 0 Å². The van der Waals surface area contributed by atoms with Gasteiger partial charge in [0.25, 0.3) is 0 Å². The number of aromatic nitrogens is 2. The van der Waals surface area contributed by atoms with E-state index in [2.05, 4.69) is 16.4 Å². The van der Waals surface area contributed by atoms with E-state index in [4.69, 9.17) is 4.98 Å². The molecule has 0 bridgehead atoms. The lowest BCUT2D eigenvalue weighted by molar-refractivity contribution is -0.120. The Labute approximate surface area is 124 Å². The molecule has 1 saturated heterocycles. The lowest BCUT2D eigenvalue weighted by Gasteiger charge is -2.24. The molecule has 0 amide bonds. The summed E-state index contributed by atoms with van der Waals surface area (Å²) in [4.78, 5) is 20.9. The highest BCUT2D eigenvalue weighted by atomic mass is 16.1. The fourth-order valence-corrected chi connectivity index (χ4v) is 2.76. The summed E-state index contributed by atoms with van der Waals surface area (Å²) >= 11 is 0. The smallest absolute Gasteiger partial charge is 0.136 e. The van der Waals surface area contributed by atoms with Gasteiger partial charge in [-0.15, -0.1) is 0 Å². The van der Waals surface area contributed by atoms with E-state index in [1.54, 1.807) is 6.20 Å². The van der Waals surface area contributed by atoms with Crippen LogP contribution >= 0.6 is 0 Å². The fraction of sp³-hybridized carbons (Fsp3) is 0.353. The Hall–Kier alpha value is -2.07. The van der Waals surface area contributed by atoms with Crippen molar-refractivity contribution in [2.45, 2.75) is 32.7 Å². The lowest BCUT2D eigenvalue weighted by Crippen LogP contribution is -2.32. The molecular formula is C17H19N3O. The number of nitrogens with one attached hydrogen (secondary N) is 1. The molecule has 2 aromatic rings. The Morgan fingerprint density at radius 1 is 1.19 bits per heavy atom. The van der Waals surface area contributed by atoms with Gasteiger partial charge in [0.1, 0.15) is 5.78 Å². The number of pyridine rings is 2. The number of nitrogens with zero attached hydrogens (tertiary/aromatic N) is 2. The highest BCUT2D eigenvalue weighted by Crippen LogP contribution is 2.26. The number of hydrogen-bond acceptors (Lipinski definition) is 4. The predicted molar refractivity (Wildman–Crippen MR) is 81.9 cm³/mol. The van der Waals surface area contributed by atoms with Crippen molar-refractivity contribution in [3.63, 3.8) is 0 Å². The van der Waals surface area contributed by atoms with Gasteiger partial charge in [0.2, 0.25) is 0 Å². The number of carbonyl (C=O) groups excluding carboxylic acids is 1. The SMILES string of the molecule is Cc1cccnc1-c1ccc(C)c(C2CC(=O)CCN2)n1. The Balaban J connectivity index is 2.00. The topological polar surface area (TPSA) is 54.9 Å². The van der Waals surface area contributed by atoms with E-state index < -0.39 is 0 Å². The second-order valence-electron chi connectivity index (χ2n) is 5.57. The second-order valence-corrected chi connectivity index (χ2v) is 5.57. The maximum atomic E-state index is 11.7. The van der Waals surface area contributed by atoms with Gasteiger partial charge < -0.3 is 5.32 Å². The van der Waals surface area contributed by atoms with Crippen molar-refractivity contribution < 1.29 is 4.79 Å². The van der Waals surface area contributed by atoms with Gasteiger partial charge >= 0.3 is 0 Å². The molecule has 108 valence electrons. The Kier molecular flexibility index (Phi) is 3.80. The van der Waals surface area contributed by atoms with Crippen LogP contribution in [0.4, 0.5) is 0 Å². The van der Waals surface area contributed by atoms with Crippen LogP contribution in [0.1, 0.15) is 35.7 Å². The fourth-order valence-electron chi connectivity index (χ4n) is 2.76. The minimum Gasteiger partial charge on any atom is -0.308 e. The average molecular weight is 281 g/mol. The largest absolute Gasteiger partial charge is 0.308 e. The van der Waals surface area contributed by atoms with Crippen LogP contribution in [0.5, 0.6) is 0 Å². The number of aryl methyl sites for hydroxylation is 2. The van der Waals surface area contributed by atoms with Crippen molar-refractivity contribution in [2.24, 2.45) is 0 Å². The van der Waals surface area contributed by atoms with Crippen LogP contribution in [0.3, 0.4) is 0 Å². The highest BCUT2D eigenvalue weighted by Gasteiger charge is 2.23. The molecule has 1 fully saturated rings. The van der Waals surface area contributed by atoms with Crippen molar-refractivity contribution in [3.8, 4) is 11.4 Å². The number of rotatable bonds is 2. The predicted octanol–water partition coefficient (Wildman–Crippen LogP) is 2.75. The van der Waals surface area contributed by atoms with Crippen molar-refractivity contribution >= 4 is 5.78 Å². The minimum absolute atomic E-state index is 0.0234. The van der Waals surface area contributed by atoms with E-state index in [9.17, 15) is 4.79 Å². The standard InChI is InChI=1S/C17H19N3O/c1-11-4-3-8-19-16(11)14-6-5-12(2)17(20-14)15-10-13(21)7-9-18-15/h3-6,8,15,18H,7,9-10H2,1-2H3. The molecule has 3 heterocycles. The minimum atomic E-state index is 0.0234. The molecule has 21 heavy (non-hydrogen) atoms. The van der Waals surface area contributed by atoms with Crippen molar-refractivity contribution in [3.05, 3.63) is 47.3 Å². The van der Waals surface area contributed by atoms with E-state index in [0.29, 0.717) is 18.6 Å². The van der Waals surface area contributed by atoms with E-state index in [-0.39, 0.29) is 6.04 Å². The molecule has 3 rings (SSSR count). The lowest BCUT2D eigenvalue weighted by atomic mass is 9.97. The first-order valence-electron chi connectivity index (χ1n) is 7.30. The molecular weight excluding hydrogens is 262 g/mol. The summed E-state index contributed by atoms with van der Waals surface area (Å²) in [5.41, 5.74) is 4.95. The molecule has 2 aromatic heterocycles. The van der Waals surface area contributed by atoms with E-state index in [0.717, 1.165) is 34.8 Å². The molecule has 1 N–H and O–H groups in total. The zero-order valence-electron chi connectivity index (χ0n) is 12.4. The summed E-state index contributed by atoms with van der Waals surface area (Å²) in [6.45, 7) is 4.81. The van der Waals surface area contributed by atoms with E-state index in [1.807, 2.05) is 32.0 Å². The van der Waals surface area contributed by atoms with Crippen molar-refractivity contribution in [2.75, 3.05) is 6.54 Å². The average Bonchev–Trinajstić information content (AvgIpc) is 2.48.